The highest BCUT2D eigenvalue weighted by Gasteiger charge is 2.26. The maximum Gasteiger partial charge on any atom is 0.130 e. The van der Waals surface area contributed by atoms with Crippen LogP contribution in [0, 0.1) is 13.8 Å². The van der Waals surface area contributed by atoms with E-state index in [1.807, 2.05) is 6.07 Å². The number of ketones is 2. The molecule has 0 spiro atoms. The molecule has 10 nitrogen and oxygen atoms in total. The minimum Gasteiger partial charge on any atom is -0.355 e. The number of carbonyl (C=O) groups is 2. The first-order valence-corrected chi connectivity index (χ1v) is 17.0. The van der Waals surface area contributed by atoms with Crippen LogP contribution in [0.25, 0.3) is 44.4 Å². The van der Waals surface area contributed by atoms with Gasteiger partial charge in [-0.15, -0.1) is 0 Å². The van der Waals surface area contributed by atoms with E-state index in [0.29, 0.717) is 32.2 Å². The van der Waals surface area contributed by atoms with Gasteiger partial charge in [-0.2, -0.15) is 20.5 Å². The van der Waals surface area contributed by atoms with E-state index in [1.54, 1.807) is 13.8 Å². The number of aromatic nitrogens is 4. The number of azo groups is 2. The monoisotopic (exact) mass is 642 g/mol. The molecule has 0 aromatic carbocycles. The molecule has 0 fully saturated rings. The van der Waals surface area contributed by atoms with E-state index >= 15 is 0 Å². The van der Waals surface area contributed by atoms with Crippen LogP contribution in [0.4, 0.5) is 0 Å². The summed E-state index contributed by atoms with van der Waals surface area (Å²) in [7, 11) is 0. The summed E-state index contributed by atoms with van der Waals surface area (Å²) in [6.07, 6.45) is 3.78. The smallest absolute Gasteiger partial charge is 0.130 e. The Bertz CT molecular complexity index is 2160. The molecule has 48 heavy (non-hydrogen) atoms. The molecule has 8 bridgehead atoms. The summed E-state index contributed by atoms with van der Waals surface area (Å²) in [5, 5.41) is 17.9. The second-order valence-electron chi connectivity index (χ2n) is 13.5. The number of nitrogens with zero attached hydrogens (tertiary/aromatic N) is 6. The fraction of sp³-hybridized carbons (Fsp3) is 0.421. The highest BCUT2D eigenvalue weighted by molar-refractivity contribution is 5.97. The fourth-order valence-electron chi connectivity index (χ4n) is 7.43. The standard InChI is InChI=1S/C38H42N8O2/c1-19(47)7-9-25-21(3)29-15-31-23(5)37(27-11-13-39-45-27)36(43-31)17-32-24(6)38(28-12-14-40-46-28)35(44-32)16-30-22(4)26(10-8-20(2)48)34(42-30)18-33(25)41-29/h15-18,27-28,43-44H,7-14H2,1-6H3. The first-order chi connectivity index (χ1) is 23.1. The Morgan fingerprint density at radius 3 is 1.50 bits per heavy atom. The van der Waals surface area contributed by atoms with Gasteiger partial charge in [0.15, 0.2) is 0 Å². The first kappa shape index (κ1) is 31.7. The van der Waals surface area contributed by atoms with Gasteiger partial charge in [0.05, 0.1) is 47.9 Å². The number of hydrogen-bond acceptors (Lipinski definition) is 8. The van der Waals surface area contributed by atoms with E-state index in [0.717, 1.165) is 109 Å². The van der Waals surface area contributed by atoms with Crippen LogP contribution in [0.3, 0.4) is 0 Å². The highest BCUT2D eigenvalue weighted by atomic mass is 16.1. The Morgan fingerprint density at radius 2 is 1.06 bits per heavy atom. The van der Waals surface area contributed by atoms with Crippen molar-refractivity contribution in [2.45, 2.75) is 92.2 Å². The summed E-state index contributed by atoms with van der Waals surface area (Å²) in [5.74, 6) is 0.278. The van der Waals surface area contributed by atoms with Gasteiger partial charge in [-0.3, -0.25) is 0 Å². The van der Waals surface area contributed by atoms with E-state index in [2.05, 4.69) is 76.3 Å². The summed E-state index contributed by atoms with van der Waals surface area (Å²) < 4.78 is 0. The number of allylic oxidation sites excluding steroid dienone is 4. The average Bonchev–Trinajstić information content (AvgIpc) is 3.88. The Morgan fingerprint density at radius 1 is 0.625 bits per heavy atom. The van der Waals surface area contributed by atoms with E-state index in [1.165, 1.54) is 0 Å². The van der Waals surface area contributed by atoms with Crippen molar-refractivity contribution < 1.29 is 9.59 Å². The van der Waals surface area contributed by atoms with Crippen LogP contribution < -0.4 is 0 Å². The summed E-state index contributed by atoms with van der Waals surface area (Å²) in [6, 6.07) is 8.43. The van der Waals surface area contributed by atoms with E-state index < -0.39 is 0 Å². The Kier molecular flexibility index (Phi) is 8.35. The van der Waals surface area contributed by atoms with Gasteiger partial charge in [-0.05, 0) is 125 Å². The van der Waals surface area contributed by atoms with Gasteiger partial charge in [0, 0.05) is 46.0 Å². The highest BCUT2D eigenvalue weighted by Crippen LogP contribution is 2.41. The molecule has 0 saturated carbocycles. The Balaban J connectivity index is 1.59. The molecular formula is C38H42N8O2. The van der Waals surface area contributed by atoms with Gasteiger partial charge >= 0.3 is 0 Å². The van der Waals surface area contributed by atoms with Crippen molar-refractivity contribution in [1.29, 1.82) is 0 Å². The molecule has 7 heterocycles. The Hall–Kier alpha value is -4.86. The van der Waals surface area contributed by atoms with Gasteiger partial charge in [-0.1, -0.05) is 0 Å². The van der Waals surface area contributed by atoms with Crippen molar-refractivity contribution >= 4 is 55.9 Å². The number of aryl methyl sites for hydroxylation is 2. The number of hydrogen-bond donors (Lipinski definition) is 2. The van der Waals surface area contributed by atoms with Crippen molar-refractivity contribution in [3.63, 3.8) is 0 Å². The maximum absolute atomic E-state index is 12.1. The van der Waals surface area contributed by atoms with Gasteiger partial charge < -0.3 is 19.6 Å². The number of fused-ring (bicyclic) bond motifs is 8. The molecule has 4 aliphatic rings. The molecule has 3 aromatic rings. The minimum absolute atomic E-state index is 0.0208. The van der Waals surface area contributed by atoms with Crippen LogP contribution >= 0.6 is 0 Å². The lowest BCUT2D eigenvalue weighted by molar-refractivity contribution is -0.117. The van der Waals surface area contributed by atoms with Crippen LogP contribution in [-0.4, -0.2) is 44.6 Å². The third-order valence-corrected chi connectivity index (χ3v) is 10.2. The minimum atomic E-state index is -0.0361. The van der Waals surface area contributed by atoms with Crippen molar-refractivity contribution in [2.24, 2.45) is 20.5 Å². The van der Waals surface area contributed by atoms with Gasteiger partial charge in [0.2, 0.25) is 0 Å². The number of aromatic amines is 2. The molecule has 0 amide bonds. The van der Waals surface area contributed by atoms with Gasteiger partial charge in [-0.25, -0.2) is 9.97 Å². The molecule has 10 heteroatoms. The number of H-pyrrole nitrogens is 2. The zero-order valence-corrected chi connectivity index (χ0v) is 28.6. The lowest BCUT2D eigenvalue weighted by Crippen LogP contribution is -1.94. The molecule has 3 aromatic heterocycles. The molecule has 2 atom stereocenters. The fourth-order valence-corrected chi connectivity index (χ4v) is 7.43. The molecule has 0 aliphatic carbocycles. The molecular weight excluding hydrogens is 600 g/mol. The number of Topliss-reactive ketones (excluding diaryl/α,β-unsaturated/α-hetero) is 2. The predicted molar refractivity (Wildman–Crippen MR) is 189 cm³/mol. The quantitative estimate of drug-likeness (QED) is 0.252. The topological polar surface area (TPSA) is 141 Å². The van der Waals surface area contributed by atoms with E-state index in [9.17, 15) is 9.59 Å². The van der Waals surface area contributed by atoms with E-state index in [-0.39, 0.29) is 23.7 Å². The molecule has 2 unspecified atom stereocenters. The third-order valence-electron chi connectivity index (χ3n) is 10.2. The normalized spacial score (nSPS) is 18.9. The van der Waals surface area contributed by atoms with Crippen LogP contribution in [0.5, 0.6) is 0 Å². The number of carbonyl (C=O) groups excluding carboxylic acids is 2. The maximum atomic E-state index is 12.1. The van der Waals surface area contributed by atoms with Crippen molar-refractivity contribution in [3.8, 4) is 0 Å². The second kappa shape index (κ2) is 12.6. The first-order valence-electron chi connectivity index (χ1n) is 17.0. The van der Waals surface area contributed by atoms with Crippen molar-refractivity contribution in [1.82, 2.24) is 19.9 Å². The SMILES string of the molecule is CC(=O)CCC1=C(C)c2cc3[nH]c(cc4[nH]c(cc5nc(cc1n2)C(CCC(C)=O)=C5C)c(C1CCN=N1)c4C)c(C1CCN=N1)c3C. The average molecular weight is 643 g/mol. The largest absolute Gasteiger partial charge is 0.355 e. The third kappa shape index (κ3) is 5.77. The summed E-state index contributed by atoms with van der Waals surface area (Å²) in [5.41, 5.74) is 16.0. The van der Waals surface area contributed by atoms with Crippen LogP contribution in [0.15, 0.2) is 44.7 Å². The van der Waals surface area contributed by atoms with Crippen molar-refractivity contribution in [2.75, 3.05) is 13.1 Å². The predicted octanol–water partition coefficient (Wildman–Crippen LogP) is 9.33. The molecule has 0 saturated heterocycles. The van der Waals surface area contributed by atoms with E-state index in [4.69, 9.17) is 9.97 Å². The second-order valence-corrected chi connectivity index (χ2v) is 13.5. The van der Waals surface area contributed by atoms with Gasteiger partial charge in [0.1, 0.15) is 11.6 Å². The molecule has 7 rings (SSSR count). The molecule has 2 N–H and O–H groups in total. The molecule has 4 aliphatic heterocycles. The summed E-state index contributed by atoms with van der Waals surface area (Å²) >= 11 is 0. The van der Waals surface area contributed by atoms with Crippen LogP contribution in [0.1, 0.15) is 123 Å². The van der Waals surface area contributed by atoms with Crippen molar-refractivity contribution in [3.05, 3.63) is 69.3 Å². The van der Waals surface area contributed by atoms with Gasteiger partial charge in [0.25, 0.3) is 0 Å². The van der Waals surface area contributed by atoms with Crippen LogP contribution in [-0.2, 0) is 9.59 Å². The zero-order valence-electron chi connectivity index (χ0n) is 28.6. The molecule has 246 valence electrons. The zero-order chi connectivity index (χ0) is 33.7. The summed E-state index contributed by atoms with van der Waals surface area (Å²) in [6.45, 7) is 13.2. The number of nitrogens with one attached hydrogen (secondary N) is 2. The lowest BCUT2D eigenvalue weighted by atomic mass is 9.97. The molecule has 0 radical (unpaired) electrons. The Labute approximate surface area is 280 Å². The summed E-state index contributed by atoms with van der Waals surface area (Å²) in [4.78, 5) is 42.1. The number of rotatable bonds is 8. The lowest BCUT2D eigenvalue weighted by Gasteiger charge is -2.06. The van der Waals surface area contributed by atoms with Crippen LogP contribution in [0.2, 0.25) is 0 Å².